The molecule has 5 fully saturated rings. The zero-order chi connectivity index (χ0) is 62.9. The predicted molar refractivity (Wildman–Crippen MR) is 335 cm³/mol. The minimum atomic E-state index is -3.49. The number of nitrogens with zero attached hydrogens (tertiary/aromatic N) is 3. The van der Waals surface area contributed by atoms with Gasteiger partial charge in [0.2, 0.25) is 45.5 Å². The van der Waals surface area contributed by atoms with Crippen LogP contribution in [0.1, 0.15) is 149 Å². The van der Waals surface area contributed by atoms with Gasteiger partial charge in [0, 0.05) is 55.8 Å². The Morgan fingerprint density at radius 3 is 2.09 bits per heavy atom. The Morgan fingerprint density at radius 1 is 0.742 bits per heavy atom. The van der Waals surface area contributed by atoms with Crippen molar-refractivity contribution >= 4 is 68.7 Å². The van der Waals surface area contributed by atoms with Crippen LogP contribution in [0.5, 0.6) is 0 Å². The van der Waals surface area contributed by atoms with Crippen LogP contribution in [0.3, 0.4) is 0 Å². The number of fused-ring (bicyclic) bond motifs is 4. The first-order valence-corrected chi connectivity index (χ1v) is 34.7. The maximum atomic E-state index is 14.7. The highest BCUT2D eigenvalue weighted by molar-refractivity contribution is 7.89. The number of likely N-dealkylation sites (N-methyl/N-ethyl adjacent to an activating group) is 1. The van der Waals surface area contributed by atoms with Crippen molar-refractivity contribution in [3.63, 3.8) is 0 Å². The maximum absolute atomic E-state index is 14.7. The van der Waals surface area contributed by atoms with E-state index in [1.165, 1.54) is 5.56 Å². The van der Waals surface area contributed by atoms with Crippen molar-refractivity contribution < 1.29 is 60.9 Å². The molecule has 2 aromatic rings. The number of rotatable bonds is 32. The first-order valence-electron chi connectivity index (χ1n) is 32.7. The van der Waals surface area contributed by atoms with E-state index in [9.17, 15) is 42.0 Å². The third-order valence-corrected chi connectivity index (χ3v) is 21.5. The highest BCUT2D eigenvalue weighted by atomic mass is 35.5. The molecule has 7 N–H and O–H groups in total. The van der Waals surface area contributed by atoms with E-state index in [-0.39, 0.29) is 140 Å². The Kier molecular flexibility index (Phi) is 25.5. The summed E-state index contributed by atoms with van der Waals surface area (Å²) in [7, 11) is -1.79. The molecule has 25 heteroatoms. The number of aryl methyl sites for hydroxylation is 1. The lowest BCUT2D eigenvalue weighted by atomic mass is 9.83. The molecule has 1 unspecified atom stereocenters. The van der Waals surface area contributed by atoms with Gasteiger partial charge in [-0.1, -0.05) is 55.1 Å². The molecule has 0 radical (unpaired) electrons. The van der Waals surface area contributed by atoms with E-state index in [1.54, 1.807) is 35.3 Å². The quantitative estimate of drug-likeness (QED) is 0.0512. The molecule has 5 aliphatic heterocycles. The molecule has 492 valence electrons. The zero-order valence-electron chi connectivity index (χ0n) is 52.0. The second-order valence-electron chi connectivity index (χ2n) is 25.3. The number of carbonyl (C=O) groups excluding carboxylic acids is 7. The molecular weight excluding hydrogens is 1180 g/mol. The molecule has 2 aromatic carbocycles. The lowest BCUT2D eigenvalue weighted by Crippen LogP contribution is -2.58. The minimum Gasteiger partial charge on any atom is -0.379 e. The topological polar surface area (TPSA) is 284 Å². The Morgan fingerprint density at radius 2 is 1.40 bits per heavy atom. The molecule has 8 atom stereocenters. The number of hydrogen-bond donors (Lipinski definition) is 7. The van der Waals surface area contributed by atoms with E-state index in [0.29, 0.717) is 63.7 Å². The Balaban J connectivity index is 0.576. The van der Waals surface area contributed by atoms with Gasteiger partial charge in [0.25, 0.3) is 5.91 Å². The lowest BCUT2D eigenvalue weighted by Gasteiger charge is -2.39. The summed E-state index contributed by atoms with van der Waals surface area (Å²) in [6.45, 7) is 7.26. The van der Waals surface area contributed by atoms with Gasteiger partial charge in [-0.2, -0.15) is 4.31 Å². The van der Waals surface area contributed by atoms with Crippen LogP contribution in [0, 0.1) is 11.8 Å². The van der Waals surface area contributed by atoms with E-state index in [2.05, 4.69) is 48.2 Å². The highest BCUT2D eigenvalue weighted by Crippen LogP contribution is 2.40. The maximum Gasteiger partial charge on any atom is 0.253 e. The third-order valence-electron chi connectivity index (χ3n) is 19.0. The lowest BCUT2D eigenvalue weighted by molar-refractivity contribution is -0.143. The molecule has 7 aliphatic rings. The molecule has 9 rings (SSSR count). The van der Waals surface area contributed by atoms with Gasteiger partial charge in [-0.15, -0.1) is 0 Å². The number of hydrogen-bond acceptors (Lipinski definition) is 15. The van der Waals surface area contributed by atoms with Gasteiger partial charge >= 0.3 is 0 Å². The van der Waals surface area contributed by atoms with E-state index >= 15 is 0 Å². The number of ether oxygens (including phenoxy) is 4. The van der Waals surface area contributed by atoms with Gasteiger partial charge < -0.3 is 66.0 Å². The number of anilines is 1. The van der Waals surface area contributed by atoms with Crippen molar-refractivity contribution in [1.82, 2.24) is 46.0 Å². The number of benzene rings is 2. The van der Waals surface area contributed by atoms with Crippen LogP contribution < -0.4 is 37.2 Å². The van der Waals surface area contributed by atoms with Crippen molar-refractivity contribution in [2.75, 3.05) is 104 Å². The van der Waals surface area contributed by atoms with Gasteiger partial charge in [-0.25, -0.2) is 8.42 Å². The van der Waals surface area contributed by atoms with Gasteiger partial charge in [0.1, 0.15) is 12.1 Å². The first-order chi connectivity index (χ1) is 43.0. The highest BCUT2D eigenvalue weighted by Gasteiger charge is 2.48. The largest absolute Gasteiger partial charge is 0.379 e. The molecule has 4 saturated heterocycles. The number of piperidine rings is 2. The number of nitrogens with one attached hydrogen (secondary N) is 7. The molecular formula is C64H95ClN10O13S. The normalized spacial score (nSPS) is 23.9. The van der Waals surface area contributed by atoms with Crippen LogP contribution in [0.25, 0.3) is 0 Å². The van der Waals surface area contributed by atoms with Crippen molar-refractivity contribution in [2.45, 2.75) is 177 Å². The Labute approximate surface area is 529 Å². The summed E-state index contributed by atoms with van der Waals surface area (Å²) < 4.78 is 52.0. The summed E-state index contributed by atoms with van der Waals surface area (Å²) in [4.78, 5) is 96.9. The van der Waals surface area contributed by atoms with Crippen molar-refractivity contribution in [1.29, 1.82) is 0 Å². The van der Waals surface area contributed by atoms with E-state index in [4.69, 9.17) is 30.5 Å². The van der Waals surface area contributed by atoms with E-state index in [1.807, 2.05) is 18.2 Å². The van der Waals surface area contributed by atoms with Gasteiger partial charge in [0.05, 0.1) is 87.7 Å². The van der Waals surface area contributed by atoms with Crippen LogP contribution in [0.4, 0.5) is 5.69 Å². The summed E-state index contributed by atoms with van der Waals surface area (Å²) >= 11 is 6.42. The fourth-order valence-corrected chi connectivity index (χ4v) is 16.8. The fraction of sp³-hybridized carbons (Fsp3) is 0.703. The second-order valence-corrected chi connectivity index (χ2v) is 27.7. The number of sulfonamides is 1. The molecule has 1 saturated carbocycles. The Hall–Kier alpha value is -5.31. The first kappa shape index (κ1) is 68.1. The molecule has 89 heavy (non-hydrogen) atoms. The smallest absolute Gasteiger partial charge is 0.253 e. The summed E-state index contributed by atoms with van der Waals surface area (Å²) in [5, 5.41) is 21.4. The summed E-state index contributed by atoms with van der Waals surface area (Å²) in [6.07, 6.45) is 13.1. The van der Waals surface area contributed by atoms with E-state index < -0.39 is 34.2 Å². The molecule has 2 aliphatic carbocycles. The Bertz CT molecular complexity index is 2860. The standard InChI is InChI=1S/C64H95ClN10O13S/c1-42(66-2)61(79)72-60(45-11-4-3-5-12-45)64(82)74-40-48(38-56(74)63(81)71-54-15-8-13-44-10-6-7-14-51(44)54)68-58(77)21-27-86-29-31-88-33-32-87-30-28-85-26-20-57(76)67-22-9-23-73-24-18-43(19-25-73)41-89(83,84)75-49-16-17-50(75)37-47(36-49)69-62(80)52-34-46-35-59(78)70-55(46)39-53(52)65/h6-7,10,14,34,39,42-43,45,47-50,54,56,60,66H,3-5,8-9,11-13,15-33,35-38,40-41H2,1-2H3,(H,67,76)(H,68,77)(H,69,80)(H,70,78)(H,71,81)(H,72,79)/t42-,47?,48-,49-,50+,54+,56-,60-/m0/s1. The summed E-state index contributed by atoms with van der Waals surface area (Å²) in [5.74, 6) is -1.45. The molecule has 7 amide bonds. The minimum absolute atomic E-state index is 0.0536. The predicted octanol–water partition coefficient (Wildman–Crippen LogP) is 3.91. The van der Waals surface area contributed by atoms with E-state index in [0.717, 1.165) is 114 Å². The van der Waals surface area contributed by atoms with Crippen molar-refractivity contribution in [3.05, 3.63) is 63.7 Å². The number of halogens is 1. The molecule has 2 bridgehead atoms. The van der Waals surface area contributed by atoms with Gasteiger partial charge in [0.15, 0.2) is 0 Å². The second kappa shape index (κ2) is 33.3. The van der Waals surface area contributed by atoms with Gasteiger partial charge in [-0.05, 0) is 158 Å². The van der Waals surface area contributed by atoms with Crippen molar-refractivity contribution in [2.24, 2.45) is 11.8 Å². The van der Waals surface area contributed by atoms with Gasteiger partial charge in [-0.3, -0.25) is 33.6 Å². The average Bonchev–Trinajstić information content (AvgIpc) is 2.00. The number of likely N-dealkylation sites (tertiary alicyclic amines) is 2. The monoisotopic (exact) mass is 1280 g/mol. The SMILES string of the molecule is CN[C@@H](C)C(=O)N[C@H](C(=O)N1C[C@@H](NC(=O)CCOCCOCCOCCOCCC(=O)NCCCN2CCC(CS(=O)(=O)N3[C@@H]4CC[C@H]3CC(NC(=O)c3cc5c(cc3Cl)NC(=O)C5)C4)CC2)C[C@H]1C(=O)N[C@@H]1CCCc2ccccc21)C1CCCCC1. The third kappa shape index (κ3) is 19.1. The van der Waals surface area contributed by atoms with Crippen LogP contribution in [-0.2, 0) is 70.6 Å². The van der Waals surface area contributed by atoms with Crippen LogP contribution >= 0.6 is 11.6 Å². The number of amides is 7. The van der Waals surface area contributed by atoms with Crippen LogP contribution in [0.15, 0.2) is 36.4 Å². The number of carbonyl (C=O) groups is 7. The fourth-order valence-electron chi connectivity index (χ4n) is 14.2. The van der Waals surface area contributed by atoms with Crippen LogP contribution in [0.2, 0.25) is 5.02 Å². The zero-order valence-corrected chi connectivity index (χ0v) is 53.6. The van der Waals surface area contributed by atoms with Crippen molar-refractivity contribution in [3.8, 4) is 0 Å². The molecule has 23 nitrogen and oxygen atoms in total. The molecule has 5 heterocycles. The van der Waals surface area contributed by atoms with Crippen LogP contribution in [-0.4, -0.2) is 205 Å². The average molecular weight is 1280 g/mol. The summed E-state index contributed by atoms with van der Waals surface area (Å²) in [6, 6.07) is 8.18. The molecule has 0 spiro atoms. The summed E-state index contributed by atoms with van der Waals surface area (Å²) in [5.41, 5.74) is 3.98. The molecule has 0 aromatic heterocycles.